The molecule has 3 rings (SSSR count). The van der Waals surface area contributed by atoms with Crippen LogP contribution in [0.15, 0.2) is 21.8 Å². The molecule has 124 valence electrons. The Hall–Kier alpha value is -1.31. The first kappa shape index (κ1) is 16.5. The molecule has 2 heterocycles. The van der Waals surface area contributed by atoms with Crippen molar-refractivity contribution in [2.75, 3.05) is 0 Å². The van der Waals surface area contributed by atoms with Crippen LogP contribution >= 0.6 is 23.2 Å². The van der Waals surface area contributed by atoms with E-state index in [1.165, 1.54) is 13.0 Å². The molecule has 1 unspecified atom stereocenters. The van der Waals surface area contributed by atoms with E-state index in [1.807, 2.05) is 0 Å². The molecule has 2 aromatic rings. The number of aromatic nitrogens is 1. The lowest BCUT2D eigenvalue weighted by atomic mass is 10.1. The Morgan fingerprint density at radius 1 is 1.30 bits per heavy atom. The summed E-state index contributed by atoms with van der Waals surface area (Å²) >= 11 is 12.0. The minimum atomic E-state index is -3.73. The standard InChI is InChI=1S/C14H14Cl2N2O4S/c1-7(23(19,20)11-6-14(2,3)22-17-11)12-9-4-8(15)5-10(16)13(9)21-18-12/h4-5,7H,6H2,1-3H3. The molecule has 0 N–H and O–H groups in total. The van der Waals surface area contributed by atoms with Crippen molar-refractivity contribution in [3.63, 3.8) is 0 Å². The van der Waals surface area contributed by atoms with Crippen LogP contribution in [0.4, 0.5) is 0 Å². The normalized spacial score (nSPS) is 18.7. The summed E-state index contributed by atoms with van der Waals surface area (Å²) in [5.41, 5.74) is -0.0875. The van der Waals surface area contributed by atoms with Crippen LogP contribution in [0.5, 0.6) is 0 Å². The number of fused-ring (bicyclic) bond motifs is 1. The number of rotatable bonds is 2. The molecule has 0 aliphatic carbocycles. The second-order valence-corrected chi connectivity index (χ2v) is 9.14. The maximum atomic E-state index is 12.8. The smallest absolute Gasteiger partial charge is 0.203 e. The van der Waals surface area contributed by atoms with Gasteiger partial charge in [0.1, 0.15) is 16.5 Å². The minimum absolute atomic E-state index is 0.000671. The van der Waals surface area contributed by atoms with Gasteiger partial charge < -0.3 is 9.36 Å². The van der Waals surface area contributed by atoms with E-state index in [-0.39, 0.29) is 22.2 Å². The van der Waals surface area contributed by atoms with E-state index in [0.717, 1.165) is 0 Å². The van der Waals surface area contributed by atoms with Crippen LogP contribution in [-0.4, -0.2) is 24.2 Å². The van der Waals surface area contributed by atoms with Crippen molar-refractivity contribution in [1.29, 1.82) is 0 Å². The SMILES string of the molecule is CC(c1noc2c(Cl)cc(Cl)cc12)S(=O)(=O)C1=NOC(C)(C)C1. The lowest BCUT2D eigenvalue weighted by molar-refractivity contribution is 0.0123. The van der Waals surface area contributed by atoms with E-state index >= 15 is 0 Å². The number of benzene rings is 1. The summed E-state index contributed by atoms with van der Waals surface area (Å²) in [6, 6.07) is 3.09. The molecule has 0 spiro atoms. The van der Waals surface area contributed by atoms with Gasteiger partial charge in [-0.3, -0.25) is 0 Å². The van der Waals surface area contributed by atoms with Gasteiger partial charge in [0.15, 0.2) is 10.6 Å². The fourth-order valence-corrected chi connectivity index (χ4v) is 4.48. The Morgan fingerprint density at radius 2 is 2.00 bits per heavy atom. The Bertz CT molecular complexity index is 918. The molecule has 23 heavy (non-hydrogen) atoms. The van der Waals surface area contributed by atoms with Crippen LogP contribution < -0.4 is 0 Å². The summed E-state index contributed by atoms with van der Waals surface area (Å²) in [6.07, 6.45) is 0.205. The summed E-state index contributed by atoms with van der Waals surface area (Å²) < 4.78 is 30.7. The van der Waals surface area contributed by atoms with Gasteiger partial charge in [-0.15, -0.1) is 0 Å². The zero-order valence-electron chi connectivity index (χ0n) is 12.6. The molecule has 0 bridgehead atoms. The van der Waals surface area contributed by atoms with Gasteiger partial charge in [0, 0.05) is 16.8 Å². The Kier molecular flexibility index (Phi) is 3.85. The Labute approximate surface area is 143 Å². The highest BCUT2D eigenvalue weighted by Crippen LogP contribution is 2.37. The first-order valence-corrected chi connectivity index (χ1v) is 9.15. The first-order valence-electron chi connectivity index (χ1n) is 6.85. The fraction of sp³-hybridized carbons (Fsp3) is 0.429. The summed E-state index contributed by atoms with van der Waals surface area (Å²) in [4.78, 5) is 5.16. The summed E-state index contributed by atoms with van der Waals surface area (Å²) in [5, 5.41) is 7.76. The highest BCUT2D eigenvalue weighted by Gasteiger charge is 2.40. The van der Waals surface area contributed by atoms with E-state index < -0.39 is 20.7 Å². The molecular formula is C14H14Cl2N2O4S. The molecule has 1 atom stereocenters. The highest BCUT2D eigenvalue weighted by atomic mass is 35.5. The first-order chi connectivity index (χ1) is 10.6. The van der Waals surface area contributed by atoms with Crippen molar-refractivity contribution in [3.8, 4) is 0 Å². The van der Waals surface area contributed by atoms with Gasteiger partial charge in [-0.25, -0.2) is 8.42 Å². The third-order valence-electron chi connectivity index (χ3n) is 3.67. The summed E-state index contributed by atoms with van der Waals surface area (Å²) in [7, 11) is -3.73. The van der Waals surface area contributed by atoms with Crippen LogP contribution in [0.25, 0.3) is 11.0 Å². The number of nitrogens with zero attached hydrogens (tertiary/aromatic N) is 2. The van der Waals surface area contributed by atoms with Crippen LogP contribution in [0.1, 0.15) is 38.1 Å². The average molecular weight is 377 g/mol. The third kappa shape index (κ3) is 2.81. The highest BCUT2D eigenvalue weighted by molar-refractivity contribution is 8.06. The third-order valence-corrected chi connectivity index (χ3v) is 6.20. The molecule has 1 aromatic carbocycles. The molecule has 0 saturated carbocycles. The maximum Gasteiger partial charge on any atom is 0.203 e. The molecule has 6 nitrogen and oxygen atoms in total. The van der Waals surface area contributed by atoms with Gasteiger partial charge in [0.05, 0.1) is 5.02 Å². The van der Waals surface area contributed by atoms with Crippen molar-refractivity contribution in [2.24, 2.45) is 5.16 Å². The van der Waals surface area contributed by atoms with Crippen LogP contribution in [0.2, 0.25) is 10.0 Å². The Balaban J connectivity index is 2.06. The van der Waals surface area contributed by atoms with Gasteiger partial charge >= 0.3 is 0 Å². The minimum Gasteiger partial charge on any atom is -0.389 e. The zero-order chi connectivity index (χ0) is 17.0. The molecule has 0 saturated heterocycles. The fourth-order valence-electron chi connectivity index (χ4n) is 2.39. The van der Waals surface area contributed by atoms with E-state index in [1.54, 1.807) is 19.9 Å². The molecule has 1 aromatic heterocycles. The number of oxime groups is 1. The van der Waals surface area contributed by atoms with Crippen LogP contribution in [0, 0.1) is 0 Å². The molecule has 1 aliphatic heterocycles. The van der Waals surface area contributed by atoms with Crippen molar-refractivity contribution in [1.82, 2.24) is 5.16 Å². The van der Waals surface area contributed by atoms with Gasteiger partial charge in [-0.1, -0.05) is 33.5 Å². The molecular weight excluding hydrogens is 363 g/mol. The molecule has 9 heteroatoms. The predicted molar refractivity (Wildman–Crippen MR) is 88.6 cm³/mol. The quantitative estimate of drug-likeness (QED) is 0.786. The molecule has 0 fully saturated rings. The van der Waals surface area contributed by atoms with Gasteiger partial charge in [-0.05, 0) is 32.9 Å². The van der Waals surface area contributed by atoms with E-state index in [9.17, 15) is 8.42 Å². The number of sulfone groups is 1. The average Bonchev–Trinajstić information content (AvgIpc) is 3.01. The number of hydrogen-bond donors (Lipinski definition) is 0. The number of hydrogen-bond acceptors (Lipinski definition) is 6. The lowest BCUT2D eigenvalue weighted by Gasteiger charge is -2.14. The van der Waals surface area contributed by atoms with Gasteiger partial charge in [0.2, 0.25) is 9.84 Å². The molecule has 0 radical (unpaired) electrons. The van der Waals surface area contributed by atoms with Gasteiger partial charge in [-0.2, -0.15) is 0 Å². The summed E-state index contributed by atoms with van der Waals surface area (Å²) in [6.45, 7) is 5.07. The topological polar surface area (TPSA) is 81.8 Å². The second kappa shape index (κ2) is 5.36. The van der Waals surface area contributed by atoms with Crippen LogP contribution in [0.3, 0.4) is 0 Å². The van der Waals surface area contributed by atoms with Crippen molar-refractivity contribution < 1.29 is 17.8 Å². The van der Waals surface area contributed by atoms with Crippen molar-refractivity contribution in [3.05, 3.63) is 27.9 Å². The summed E-state index contributed by atoms with van der Waals surface area (Å²) in [5.74, 6) is 0. The molecule has 1 aliphatic rings. The largest absolute Gasteiger partial charge is 0.389 e. The van der Waals surface area contributed by atoms with Crippen LogP contribution in [-0.2, 0) is 14.7 Å². The maximum absolute atomic E-state index is 12.8. The monoisotopic (exact) mass is 376 g/mol. The lowest BCUT2D eigenvalue weighted by Crippen LogP contribution is -2.25. The van der Waals surface area contributed by atoms with E-state index in [4.69, 9.17) is 32.6 Å². The van der Waals surface area contributed by atoms with Crippen molar-refractivity contribution in [2.45, 2.75) is 38.0 Å². The van der Waals surface area contributed by atoms with E-state index in [0.29, 0.717) is 16.0 Å². The zero-order valence-corrected chi connectivity index (χ0v) is 15.0. The number of halogens is 2. The van der Waals surface area contributed by atoms with Gasteiger partial charge in [0.25, 0.3) is 0 Å². The molecule has 0 amide bonds. The predicted octanol–water partition coefficient (Wildman–Crippen LogP) is 4.12. The van der Waals surface area contributed by atoms with Crippen molar-refractivity contribution >= 4 is 49.1 Å². The van der Waals surface area contributed by atoms with E-state index in [2.05, 4.69) is 10.3 Å². The second-order valence-electron chi connectivity index (χ2n) is 6.03. The Morgan fingerprint density at radius 3 is 2.61 bits per heavy atom.